The van der Waals surface area contributed by atoms with Crippen LogP contribution in [-0.4, -0.2) is 9.91 Å². The topological polar surface area (TPSA) is 82.0 Å². The van der Waals surface area contributed by atoms with E-state index in [0.717, 1.165) is 6.20 Å². The first-order chi connectivity index (χ1) is 5.68. The van der Waals surface area contributed by atoms with Gasteiger partial charge in [0.05, 0.1) is 4.92 Å². The summed E-state index contributed by atoms with van der Waals surface area (Å²) in [4.78, 5) is 13.1. The van der Waals surface area contributed by atoms with Gasteiger partial charge in [0.25, 0.3) is 0 Å². The third-order valence-electron chi connectivity index (χ3n) is 1.20. The maximum absolute atomic E-state index is 9.91. The zero-order valence-electron chi connectivity index (χ0n) is 6.18. The van der Waals surface area contributed by atoms with Crippen molar-refractivity contribution in [1.29, 1.82) is 0 Å². The number of hydrogen-bond donors (Lipinski definition) is 1. The number of rotatable bonds is 2. The summed E-state index contributed by atoms with van der Waals surface area (Å²) >= 11 is 0. The van der Waals surface area contributed by atoms with Crippen LogP contribution in [0.3, 0.4) is 0 Å². The lowest BCUT2D eigenvalue weighted by molar-refractivity contribution is -0.400. The Bertz CT molecular complexity index is 305. The monoisotopic (exact) mass is 165 g/mol. The second-order valence-corrected chi connectivity index (χ2v) is 2.12. The maximum Gasteiger partial charge on any atom is 0.235 e. The molecule has 0 aliphatic carbocycles. The third-order valence-corrected chi connectivity index (χ3v) is 1.20. The van der Waals surface area contributed by atoms with Gasteiger partial charge in [-0.2, -0.15) is 0 Å². The molecule has 1 rings (SSSR count). The summed E-state index contributed by atoms with van der Waals surface area (Å²) in [7, 11) is 0. The van der Waals surface area contributed by atoms with E-state index in [2.05, 4.69) is 4.98 Å². The molecule has 1 aromatic heterocycles. The van der Waals surface area contributed by atoms with Crippen LogP contribution < -0.4 is 5.73 Å². The van der Waals surface area contributed by atoms with E-state index in [0.29, 0.717) is 11.4 Å². The highest BCUT2D eigenvalue weighted by Crippen LogP contribution is 2.02. The van der Waals surface area contributed by atoms with Crippen LogP contribution in [-0.2, 0) is 0 Å². The fourth-order valence-corrected chi connectivity index (χ4v) is 0.662. The van der Waals surface area contributed by atoms with Crippen molar-refractivity contribution >= 4 is 11.9 Å². The number of hydrogen-bond acceptors (Lipinski definition) is 4. The Morgan fingerprint density at radius 1 is 1.58 bits per heavy atom. The van der Waals surface area contributed by atoms with Gasteiger partial charge in [0.1, 0.15) is 5.82 Å². The normalized spacial score (nSPS) is 10.3. The van der Waals surface area contributed by atoms with Gasteiger partial charge in [-0.05, 0) is 17.7 Å². The molecule has 0 bridgehead atoms. The van der Waals surface area contributed by atoms with Crippen LogP contribution in [0, 0.1) is 10.1 Å². The smallest absolute Gasteiger partial charge is 0.235 e. The van der Waals surface area contributed by atoms with Crippen molar-refractivity contribution in [1.82, 2.24) is 4.98 Å². The molecule has 0 radical (unpaired) electrons. The van der Waals surface area contributed by atoms with Crippen molar-refractivity contribution in [3.8, 4) is 0 Å². The van der Waals surface area contributed by atoms with Crippen LogP contribution in [0.15, 0.2) is 24.5 Å². The Labute approximate surface area is 68.7 Å². The van der Waals surface area contributed by atoms with Gasteiger partial charge < -0.3 is 5.73 Å². The van der Waals surface area contributed by atoms with E-state index in [1.165, 1.54) is 12.3 Å². The molecule has 0 aliphatic rings. The van der Waals surface area contributed by atoms with Gasteiger partial charge in [0.2, 0.25) is 6.20 Å². The number of pyridine rings is 1. The van der Waals surface area contributed by atoms with Gasteiger partial charge in [0, 0.05) is 12.3 Å². The molecule has 5 nitrogen and oxygen atoms in total. The van der Waals surface area contributed by atoms with E-state index in [4.69, 9.17) is 5.73 Å². The number of nitro groups is 1. The lowest BCUT2D eigenvalue weighted by atomic mass is 10.3. The summed E-state index contributed by atoms with van der Waals surface area (Å²) in [5.41, 5.74) is 5.97. The van der Waals surface area contributed by atoms with Gasteiger partial charge in [-0.25, -0.2) is 4.98 Å². The Balaban J connectivity index is 2.77. The number of aromatic nitrogens is 1. The molecule has 0 amide bonds. The molecule has 0 atom stereocenters. The molecule has 0 saturated carbocycles. The molecule has 1 heterocycles. The molecule has 12 heavy (non-hydrogen) atoms. The van der Waals surface area contributed by atoms with Crippen molar-refractivity contribution in [2.45, 2.75) is 0 Å². The van der Waals surface area contributed by atoms with Crippen LogP contribution in [0.1, 0.15) is 5.56 Å². The van der Waals surface area contributed by atoms with Crippen molar-refractivity contribution in [2.75, 3.05) is 5.73 Å². The predicted molar refractivity (Wildman–Crippen MR) is 44.7 cm³/mol. The van der Waals surface area contributed by atoms with Crippen molar-refractivity contribution < 1.29 is 4.92 Å². The fraction of sp³-hybridized carbons (Fsp3) is 0. The minimum atomic E-state index is -0.531. The molecule has 5 heteroatoms. The first kappa shape index (κ1) is 8.19. The average molecular weight is 165 g/mol. The first-order valence-electron chi connectivity index (χ1n) is 3.22. The molecular weight excluding hydrogens is 158 g/mol. The Morgan fingerprint density at radius 2 is 2.33 bits per heavy atom. The summed E-state index contributed by atoms with van der Waals surface area (Å²) in [6.45, 7) is 0. The van der Waals surface area contributed by atoms with E-state index in [9.17, 15) is 10.1 Å². The lowest BCUT2D eigenvalue weighted by Crippen LogP contribution is -1.88. The third kappa shape index (κ3) is 2.37. The van der Waals surface area contributed by atoms with E-state index < -0.39 is 4.92 Å². The lowest BCUT2D eigenvalue weighted by Gasteiger charge is -1.91. The van der Waals surface area contributed by atoms with Gasteiger partial charge in [0.15, 0.2) is 0 Å². The van der Waals surface area contributed by atoms with Crippen LogP contribution >= 0.6 is 0 Å². The fourth-order valence-electron chi connectivity index (χ4n) is 0.662. The van der Waals surface area contributed by atoms with Crippen molar-refractivity contribution in [3.05, 3.63) is 40.2 Å². The molecule has 2 N–H and O–H groups in total. The molecule has 0 aromatic carbocycles. The largest absolute Gasteiger partial charge is 0.384 e. The maximum atomic E-state index is 9.91. The van der Waals surface area contributed by atoms with Gasteiger partial charge >= 0.3 is 0 Å². The summed E-state index contributed by atoms with van der Waals surface area (Å²) in [6, 6.07) is 3.24. The molecule has 0 aliphatic heterocycles. The molecule has 0 fully saturated rings. The number of nitrogen functional groups attached to an aromatic ring is 1. The summed E-state index contributed by atoms with van der Waals surface area (Å²) in [5, 5.41) is 9.91. The number of nitrogens with zero attached hydrogens (tertiary/aromatic N) is 2. The SMILES string of the molecule is Nc1ccc(C=C[N+](=O)[O-])cn1. The van der Waals surface area contributed by atoms with Gasteiger partial charge in [-0.3, -0.25) is 10.1 Å². The van der Waals surface area contributed by atoms with Crippen LogP contribution in [0.4, 0.5) is 5.82 Å². The highest BCUT2D eigenvalue weighted by atomic mass is 16.6. The summed E-state index contributed by atoms with van der Waals surface area (Å²) < 4.78 is 0. The minimum Gasteiger partial charge on any atom is -0.384 e. The Kier molecular flexibility index (Phi) is 2.37. The van der Waals surface area contributed by atoms with Crippen molar-refractivity contribution in [2.24, 2.45) is 0 Å². The Hall–Kier alpha value is -1.91. The molecule has 0 saturated heterocycles. The highest BCUT2D eigenvalue weighted by Gasteiger charge is 1.90. The van der Waals surface area contributed by atoms with E-state index in [1.54, 1.807) is 12.1 Å². The molecular formula is C7H7N3O2. The second kappa shape index (κ2) is 3.47. The second-order valence-electron chi connectivity index (χ2n) is 2.12. The van der Waals surface area contributed by atoms with Crippen LogP contribution in [0.25, 0.3) is 6.08 Å². The number of nitrogens with two attached hydrogens (primary N) is 1. The van der Waals surface area contributed by atoms with E-state index >= 15 is 0 Å². The highest BCUT2D eigenvalue weighted by molar-refractivity contribution is 5.48. The van der Waals surface area contributed by atoms with Crippen molar-refractivity contribution in [3.63, 3.8) is 0 Å². The van der Waals surface area contributed by atoms with Crippen LogP contribution in [0.2, 0.25) is 0 Å². The first-order valence-corrected chi connectivity index (χ1v) is 3.22. The standard InChI is InChI=1S/C7H7N3O2/c8-7-2-1-6(5-9-7)3-4-10(11)12/h1-5H,(H2,8,9). The van der Waals surface area contributed by atoms with E-state index in [1.807, 2.05) is 0 Å². The van der Waals surface area contributed by atoms with Crippen LogP contribution in [0.5, 0.6) is 0 Å². The molecule has 0 unspecified atom stereocenters. The van der Waals surface area contributed by atoms with E-state index in [-0.39, 0.29) is 0 Å². The molecule has 0 spiro atoms. The predicted octanol–water partition coefficient (Wildman–Crippen LogP) is 0.911. The molecule has 62 valence electrons. The summed E-state index contributed by atoms with van der Waals surface area (Å²) in [5.74, 6) is 0.397. The minimum absolute atomic E-state index is 0.397. The zero-order valence-corrected chi connectivity index (χ0v) is 6.18. The number of anilines is 1. The Morgan fingerprint density at radius 3 is 2.83 bits per heavy atom. The summed E-state index contributed by atoms with van der Waals surface area (Å²) in [6.07, 6.45) is 3.68. The quantitative estimate of drug-likeness (QED) is 0.521. The van der Waals surface area contributed by atoms with Gasteiger partial charge in [-0.15, -0.1) is 0 Å². The zero-order chi connectivity index (χ0) is 8.97. The van der Waals surface area contributed by atoms with Gasteiger partial charge in [-0.1, -0.05) is 0 Å². The molecule has 1 aromatic rings. The average Bonchev–Trinajstić information content (AvgIpc) is 2.03.